The number of carbonyl (C=O) groups is 1. The van der Waals surface area contributed by atoms with Crippen molar-refractivity contribution in [3.63, 3.8) is 0 Å². The Morgan fingerprint density at radius 3 is 2.14 bits per heavy atom. The number of nitrogens with zero attached hydrogens (tertiary/aromatic N) is 1. The number of hydrogen-bond donors (Lipinski definition) is 1. The predicted molar refractivity (Wildman–Crippen MR) is 86.4 cm³/mol. The van der Waals surface area contributed by atoms with Gasteiger partial charge in [0.05, 0.1) is 5.41 Å². The molecule has 122 valence electrons. The molecule has 0 aromatic rings. The zero-order valence-corrected chi connectivity index (χ0v) is 13.9. The monoisotopic (exact) mass is 295 g/mol. The molecule has 2 fully saturated rings. The molecule has 2 saturated carbocycles. The van der Waals surface area contributed by atoms with Gasteiger partial charge in [-0.25, -0.2) is 0 Å². The molecule has 0 spiro atoms. The van der Waals surface area contributed by atoms with E-state index < -0.39 is 11.4 Å². The quantitative estimate of drug-likeness (QED) is 0.768. The highest BCUT2D eigenvalue weighted by atomic mass is 16.4. The third-order valence-electron chi connectivity index (χ3n) is 6.08. The van der Waals surface area contributed by atoms with Crippen LogP contribution >= 0.6 is 0 Å². The molecule has 3 heteroatoms. The average molecular weight is 295 g/mol. The predicted octanol–water partition coefficient (Wildman–Crippen LogP) is 4.31. The summed E-state index contributed by atoms with van der Waals surface area (Å²) in [6.45, 7) is 3.05. The highest BCUT2D eigenvalue weighted by Gasteiger charge is 2.40. The van der Waals surface area contributed by atoms with Crippen molar-refractivity contribution in [2.24, 2.45) is 11.3 Å². The van der Waals surface area contributed by atoms with E-state index in [0.29, 0.717) is 6.04 Å². The van der Waals surface area contributed by atoms with E-state index in [1.807, 2.05) is 0 Å². The van der Waals surface area contributed by atoms with Crippen molar-refractivity contribution in [1.29, 1.82) is 0 Å². The minimum absolute atomic E-state index is 0.479. The van der Waals surface area contributed by atoms with Gasteiger partial charge in [-0.1, -0.05) is 39.0 Å². The second-order valence-electron chi connectivity index (χ2n) is 7.50. The van der Waals surface area contributed by atoms with Crippen LogP contribution in [-0.4, -0.2) is 35.6 Å². The summed E-state index contributed by atoms with van der Waals surface area (Å²) in [5, 5.41) is 9.81. The van der Waals surface area contributed by atoms with Crippen molar-refractivity contribution >= 4 is 5.97 Å². The molecule has 2 rings (SSSR count). The maximum absolute atomic E-state index is 11.9. The van der Waals surface area contributed by atoms with E-state index in [1.165, 1.54) is 44.9 Å². The van der Waals surface area contributed by atoms with Gasteiger partial charge in [-0.2, -0.15) is 0 Å². The SMILES string of the molecule is CCC1CCC(N(C)CC2(C(=O)O)CCCCCC2)CC1. The molecule has 0 radical (unpaired) electrons. The van der Waals surface area contributed by atoms with Crippen LogP contribution in [0.4, 0.5) is 0 Å². The molecule has 0 aromatic carbocycles. The molecule has 0 saturated heterocycles. The molecule has 0 bridgehead atoms. The molecule has 0 aliphatic heterocycles. The summed E-state index contributed by atoms with van der Waals surface area (Å²) in [5.74, 6) is 0.347. The van der Waals surface area contributed by atoms with Crippen molar-refractivity contribution < 1.29 is 9.90 Å². The van der Waals surface area contributed by atoms with Crippen LogP contribution in [0.5, 0.6) is 0 Å². The highest BCUT2D eigenvalue weighted by Crippen LogP contribution is 2.38. The lowest BCUT2D eigenvalue weighted by atomic mass is 9.78. The van der Waals surface area contributed by atoms with Gasteiger partial charge in [-0.3, -0.25) is 4.79 Å². The number of carboxylic acids is 1. The van der Waals surface area contributed by atoms with Crippen LogP contribution < -0.4 is 0 Å². The van der Waals surface area contributed by atoms with Gasteiger partial charge in [0.15, 0.2) is 0 Å². The normalized spacial score (nSPS) is 30.0. The number of hydrogen-bond acceptors (Lipinski definition) is 2. The third-order valence-corrected chi connectivity index (χ3v) is 6.08. The van der Waals surface area contributed by atoms with Crippen LogP contribution in [-0.2, 0) is 4.79 Å². The summed E-state index contributed by atoms with van der Waals surface area (Å²) in [6, 6.07) is 0.604. The Morgan fingerprint density at radius 2 is 1.67 bits per heavy atom. The zero-order chi connectivity index (χ0) is 15.3. The molecule has 0 amide bonds. The fraction of sp³-hybridized carbons (Fsp3) is 0.944. The van der Waals surface area contributed by atoms with E-state index in [9.17, 15) is 9.90 Å². The lowest BCUT2D eigenvalue weighted by Crippen LogP contribution is -2.46. The Hall–Kier alpha value is -0.570. The molecule has 0 heterocycles. The van der Waals surface area contributed by atoms with Crippen molar-refractivity contribution in [2.75, 3.05) is 13.6 Å². The number of rotatable bonds is 5. The topological polar surface area (TPSA) is 40.5 Å². The Bertz CT molecular complexity index is 326. The van der Waals surface area contributed by atoms with Gasteiger partial charge in [0.25, 0.3) is 0 Å². The number of carboxylic acid groups (broad SMARTS) is 1. The maximum atomic E-state index is 11.9. The molecule has 0 atom stereocenters. The zero-order valence-electron chi connectivity index (χ0n) is 13.9. The molecule has 2 aliphatic carbocycles. The van der Waals surface area contributed by atoms with E-state index >= 15 is 0 Å². The van der Waals surface area contributed by atoms with Gasteiger partial charge in [-0.05, 0) is 51.5 Å². The Balaban J connectivity index is 1.95. The van der Waals surface area contributed by atoms with E-state index in [2.05, 4.69) is 18.9 Å². The van der Waals surface area contributed by atoms with Crippen LogP contribution in [0.25, 0.3) is 0 Å². The summed E-state index contributed by atoms with van der Waals surface area (Å²) in [6.07, 6.45) is 12.8. The van der Waals surface area contributed by atoms with E-state index in [1.54, 1.807) is 0 Å². The van der Waals surface area contributed by atoms with Gasteiger partial charge in [0.1, 0.15) is 0 Å². The van der Waals surface area contributed by atoms with Crippen LogP contribution in [0.15, 0.2) is 0 Å². The Morgan fingerprint density at radius 1 is 1.10 bits per heavy atom. The standard InChI is InChI=1S/C18H33NO2/c1-3-15-8-10-16(11-9-15)19(2)14-18(17(20)21)12-6-4-5-7-13-18/h15-16H,3-14H2,1-2H3,(H,20,21). The molecule has 0 unspecified atom stereocenters. The molecule has 0 aromatic heterocycles. The summed E-state index contributed by atoms with van der Waals surface area (Å²) in [4.78, 5) is 14.3. The molecular weight excluding hydrogens is 262 g/mol. The van der Waals surface area contributed by atoms with Crippen LogP contribution in [0.2, 0.25) is 0 Å². The first-order chi connectivity index (χ1) is 10.1. The van der Waals surface area contributed by atoms with Gasteiger partial charge in [0.2, 0.25) is 0 Å². The van der Waals surface area contributed by atoms with Gasteiger partial charge >= 0.3 is 5.97 Å². The summed E-state index contributed by atoms with van der Waals surface area (Å²) < 4.78 is 0. The first kappa shape index (κ1) is 16.8. The third kappa shape index (κ3) is 4.21. The van der Waals surface area contributed by atoms with E-state index in [-0.39, 0.29) is 0 Å². The molecule has 21 heavy (non-hydrogen) atoms. The lowest BCUT2D eigenvalue weighted by Gasteiger charge is -2.39. The minimum atomic E-state index is -0.557. The maximum Gasteiger partial charge on any atom is 0.310 e. The molecule has 2 aliphatic rings. The fourth-order valence-electron chi connectivity index (χ4n) is 4.45. The van der Waals surface area contributed by atoms with Gasteiger partial charge in [-0.15, -0.1) is 0 Å². The van der Waals surface area contributed by atoms with Crippen molar-refractivity contribution in [2.45, 2.75) is 83.6 Å². The first-order valence-corrected chi connectivity index (χ1v) is 9.01. The lowest BCUT2D eigenvalue weighted by molar-refractivity contribution is -0.151. The molecule has 1 N–H and O–H groups in total. The number of aliphatic carboxylic acids is 1. The smallest absolute Gasteiger partial charge is 0.310 e. The summed E-state index contributed by atoms with van der Waals surface area (Å²) in [5.41, 5.74) is -0.479. The van der Waals surface area contributed by atoms with Crippen LogP contribution in [0.1, 0.15) is 77.6 Å². The second-order valence-corrected chi connectivity index (χ2v) is 7.50. The molecular formula is C18H33NO2. The molecule has 3 nitrogen and oxygen atoms in total. The van der Waals surface area contributed by atoms with Crippen molar-refractivity contribution in [3.05, 3.63) is 0 Å². The average Bonchev–Trinajstić information content (AvgIpc) is 2.74. The van der Waals surface area contributed by atoms with Crippen molar-refractivity contribution in [1.82, 2.24) is 4.90 Å². The highest BCUT2D eigenvalue weighted by molar-refractivity contribution is 5.75. The largest absolute Gasteiger partial charge is 0.481 e. The summed E-state index contributed by atoms with van der Waals surface area (Å²) in [7, 11) is 2.16. The van der Waals surface area contributed by atoms with Crippen LogP contribution in [0, 0.1) is 11.3 Å². The van der Waals surface area contributed by atoms with E-state index in [4.69, 9.17) is 0 Å². The Kier molecular flexibility index (Phi) is 6.09. The van der Waals surface area contributed by atoms with Crippen molar-refractivity contribution in [3.8, 4) is 0 Å². The second kappa shape index (κ2) is 7.62. The van der Waals surface area contributed by atoms with Gasteiger partial charge in [0, 0.05) is 12.6 Å². The summed E-state index contributed by atoms with van der Waals surface area (Å²) >= 11 is 0. The Labute approximate surface area is 130 Å². The van der Waals surface area contributed by atoms with E-state index in [0.717, 1.165) is 38.1 Å². The van der Waals surface area contributed by atoms with Crippen LogP contribution in [0.3, 0.4) is 0 Å². The fourth-order valence-corrected chi connectivity index (χ4v) is 4.45. The van der Waals surface area contributed by atoms with Gasteiger partial charge < -0.3 is 10.0 Å². The first-order valence-electron chi connectivity index (χ1n) is 9.01. The minimum Gasteiger partial charge on any atom is -0.481 e.